The number of aromatic hydroxyl groups is 1. The van der Waals surface area contributed by atoms with Crippen LogP contribution in [-0.2, 0) is 23.7 Å². The van der Waals surface area contributed by atoms with Gasteiger partial charge in [0.15, 0.2) is 3.95 Å². The van der Waals surface area contributed by atoms with Gasteiger partial charge in [0.25, 0.3) is 0 Å². The molecule has 0 aliphatic heterocycles. The summed E-state index contributed by atoms with van der Waals surface area (Å²) in [6.07, 6.45) is -8.19. The molecule has 0 bridgehead atoms. The Hall–Kier alpha value is -2.64. The van der Waals surface area contributed by atoms with E-state index in [1.165, 1.54) is 16.0 Å². The molecule has 4 nitrogen and oxygen atoms in total. The number of benzene rings is 1. The highest BCUT2D eigenvalue weighted by atomic mass is 32.1. The summed E-state index contributed by atoms with van der Waals surface area (Å²) in [4.78, 5) is 11.4. The van der Waals surface area contributed by atoms with Crippen LogP contribution < -0.4 is 0 Å². The van der Waals surface area contributed by atoms with Gasteiger partial charge in [0.05, 0.1) is 16.0 Å². The molecule has 13 heteroatoms. The van der Waals surface area contributed by atoms with Gasteiger partial charge in [-0.2, -0.15) is 26.3 Å². The summed E-state index contributed by atoms with van der Waals surface area (Å²) in [5.41, 5.74) is -2.59. The predicted molar refractivity (Wildman–Crippen MR) is 129 cm³/mol. The van der Waals surface area contributed by atoms with Crippen molar-refractivity contribution in [1.29, 1.82) is 0 Å². The molecule has 2 N–H and O–H groups in total. The minimum atomic E-state index is -4.96. The highest BCUT2D eigenvalue weighted by Gasteiger charge is 2.37. The molecule has 36 heavy (non-hydrogen) atoms. The third kappa shape index (κ3) is 6.56. The third-order valence-electron chi connectivity index (χ3n) is 5.23. The van der Waals surface area contributed by atoms with E-state index in [0.717, 1.165) is 22.7 Å². The third-order valence-corrected chi connectivity index (χ3v) is 7.72. The largest absolute Gasteiger partial charge is 0.493 e. The molecule has 0 saturated heterocycles. The smallest absolute Gasteiger partial charge is 0.416 e. The van der Waals surface area contributed by atoms with Gasteiger partial charge in [-0.1, -0.05) is 13.0 Å². The molecule has 194 valence electrons. The fourth-order valence-electron chi connectivity index (χ4n) is 3.39. The van der Waals surface area contributed by atoms with Gasteiger partial charge in [-0.3, -0.25) is 9.36 Å². The van der Waals surface area contributed by atoms with E-state index in [1.807, 2.05) is 0 Å². The van der Waals surface area contributed by atoms with E-state index < -0.39 is 29.4 Å². The van der Waals surface area contributed by atoms with Crippen LogP contribution in [0.1, 0.15) is 46.6 Å². The fraction of sp³-hybridized carbons (Fsp3) is 0.304. The van der Waals surface area contributed by atoms with Crippen LogP contribution in [0.25, 0.3) is 16.7 Å². The van der Waals surface area contributed by atoms with Gasteiger partial charge in [-0.05, 0) is 65.8 Å². The SMILES string of the molecule is C=C(c1cc(-c2cc(C(F)(F)F)cc(C(F)(F)F)c2)cs1)c1sc(=S)n(CCCCCC(=O)O)c1O. The maximum Gasteiger partial charge on any atom is 0.416 e. The first-order chi connectivity index (χ1) is 16.7. The number of unbranched alkanes of at least 4 members (excludes halogenated alkanes) is 2. The van der Waals surface area contributed by atoms with Crippen LogP contribution in [0.3, 0.4) is 0 Å². The molecule has 0 fully saturated rings. The van der Waals surface area contributed by atoms with Crippen molar-refractivity contribution in [3.05, 3.63) is 61.1 Å². The summed E-state index contributed by atoms with van der Waals surface area (Å²) >= 11 is 7.44. The number of carboxylic acids is 1. The minimum Gasteiger partial charge on any atom is -0.493 e. The van der Waals surface area contributed by atoms with E-state index >= 15 is 0 Å². The fourth-order valence-corrected chi connectivity index (χ4v) is 5.68. The van der Waals surface area contributed by atoms with Crippen molar-refractivity contribution in [2.75, 3.05) is 0 Å². The lowest BCUT2D eigenvalue weighted by Gasteiger charge is -2.13. The Bertz CT molecular complexity index is 1300. The lowest BCUT2D eigenvalue weighted by molar-refractivity contribution is -0.143. The van der Waals surface area contributed by atoms with Gasteiger partial charge in [-0.15, -0.1) is 22.7 Å². The Morgan fingerprint density at radius 1 is 0.972 bits per heavy atom. The average molecular weight is 568 g/mol. The normalized spacial score (nSPS) is 12.2. The number of aliphatic carboxylic acids is 1. The molecule has 0 saturated carbocycles. The van der Waals surface area contributed by atoms with E-state index in [4.69, 9.17) is 17.3 Å². The van der Waals surface area contributed by atoms with Crippen LogP contribution >= 0.6 is 34.9 Å². The van der Waals surface area contributed by atoms with Crippen molar-refractivity contribution < 1.29 is 41.4 Å². The number of hydrogen-bond acceptors (Lipinski definition) is 5. The van der Waals surface area contributed by atoms with Gasteiger partial charge in [0, 0.05) is 23.4 Å². The Balaban J connectivity index is 1.86. The quantitative estimate of drug-likeness (QED) is 0.155. The number of thiazole rings is 1. The maximum atomic E-state index is 13.2. The van der Waals surface area contributed by atoms with Gasteiger partial charge in [-0.25, -0.2) is 0 Å². The monoisotopic (exact) mass is 567 g/mol. The highest BCUT2D eigenvalue weighted by molar-refractivity contribution is 7.73. The molecule has 0 atom stereocenters. The topological polar surface area (TPSA) is 62.5 Å². The molecule has 2 heterocycles. The van der Waals surface area contributed by atoms with Crippen LogP contribution in [0.4, 0.5) is 26.3 Å². The Morgan fingerprint density at radius 2 is 1.58 bits per heavy atom. The van der Waals surface area contributed by atoms with Crippen LogP contribution in [0.2, 0.25) is 0 Å². The maximum absolute atomic E-state index is 13.2. The number of rotatable bonds is 9. The molecule has 3 rings (SSSR count). The summed E-state index contributed by atoms with van der Waals surface area (Å²) in [5, 5.41) is 20.8. The number of alkyl halides is 6. The van der Waals surface area contributed by atoms with Crippen molar-refractivity contribution in [1.82, 2.24) is 4.57 Å². The van der Waals surface area contributed by atoms with E-state index in [9.17, 15) is 36.2 Å². The molecule has 0 radical (unpaired) electrons. The first-order valence-electron chi connectivity index (χ1n) is 10.4. The second-order valence-electron chi connectivity index (χ2n) is 7.85. The standard InChI is InChI=1S/C23H19F6NO3S3/c1-12(19-20(33)30(21(34)36-19)6-4-2-3-5-18(31)32)17-9-14(11-35-17)13-7-15(22(24,25)26)10-16(8-13)23(27,28)29/h7-11,33H,1-6H2,(H,31,32). The predicted octanol–water partition coefficient (Wildman–Crippen LogP) is 8.46. The van der Waals surface area contributed by atoms with Crippen molar-refractivity contribution >= 4 is 46.4 Å². The molecular formula is C23H19F6NO3S3. The highest BCUT2D eigenvalue weighted by Crippen LogP contribution is 2.42. The van der Waals surface area contributed by atoms with Crippen molar-refractivity contribution in [3.63, 3.8) is 0 Å². The summed E-state index contributed by atoms with van der Waals surface area (Å²) in [6.45, 7) is 4.29. The molecule has 0 aliphatic rings. The Labute approximate surface area is 214 Å². The van der Waals surface area contributed by atoms with Crippen LogP contribution in [0, 0.1) is 3.95 Å². The van der Waals surface area contributed by atoms with Crippen molar-refractivity contribution in [2.24, 2.45) is 0 Å². The summed E-state index contributed by atoms with van der Waals surface area (Å²) in [5.74, 6) is -1.04. The zero-order valence-electron chi connectivity index (χ0n) is 18.4. The van der Waals surface area contributed by atoms with Crippen molar-refractivity contribution in [2.45, 2.75) is 44.6 Å². The van der Waals surface area contributed by atoms with E-state index in [2.05, 4.69) is 6.58 Å². The van der Waals surface area contributed by atoms with Gasteiger partial charge >= 0.3 is 18.3 Å². The summed E-state index contributed by atoms with van der Waals surface area (Å²) in [7, 11) is 0. The number of halogens is 6. The second-order valence-corrected chi connectivity index (χ2v) is 10.4. The number of nitrogens with zero attached hydrogens (tertiary/aromatic N) is 1. The Morgan fingerprint density at radius 3 is 2.14 bits per heavy atom. The summed E-state index contributed by atoms with van der Waals surface area (Å²) in [6, 6.07) is 2.81. The summed E-state index contributed by atoms with van der Waals surface area (Å²) < 4.78 is 81.1. The first-order valence-corrected chi connectivity index (χ1v) is 12.5. The molecule has 0 unspecified atom stereocenters. The zero-order valence-corrected chi connectivity index (χ0v) is 20.8. The molecule has 0 amide bonds. The molecule has 2 aromatic heterocycles. The van der Waals surface area contributed by atoms with E-state index in [1.54, 1.807) is 0 Å². The zero-order chi connectivity index (χ0) is 26.8. The van der Waals surface area contributed by atoms with Crippen LogP contribution in [-0.4, -0.2) is 20.7 Å². The van der Waals surface area contributed by atoms with Gasteiger partial charge in [0.2, 0.25) is 5.88 Å². The van der Waals surface area contributed by atoms with Gasteiger partial charge < -0.3 is 10.2 Å². The lowest BCUT2D eigenvalue weighted by Crippen LogP contribution is -2.11. The average Bonchev–Trinajstić information content (AvgIpc) is 3.37. The minimum absolute atomic E-state index is 0.0418. The van der Waals surface area contributed by atoms with Crippen molar-refractivity contribution in [3.8, 4) is 17.0 Å². The van der Waals surface area contributed by atoms with Crippen LogP contribution in [0.15, 0.2) is 36.2 Å². The van der Waals surface area contributed by atoms with E-state index in [-0.39, 0.29) is 29.5 Å². The number of carboxylic acid groups (broad SMARTS) is 1. The number of hydrogen-bond donors (Lipinski definition) is 2. The second kappa shape index (κ2) is 10.8. The lowest BCUT2D eigenvalue weighted by atomic mass is 10.0. The molecular weight excluding hydrogens is 548 g/mol. The Kier molecular flexibility index (Phi) is 8.36. The van der Waals surface area contributed by atoms with Gasteiger partial charge in [0.1, 0.15) is 0 Å². The molecule has 0 spiro atoms. The number of aromatic nitrogens is 1. The van der Waals surface area contributed by atoms with Crippen LogP contribution in [0.5, 0.6) is 5.88 Å². The van der Waals surface area contributed by atoms with E-state index in [0.29, 0.717) is 57.2 Å². The molecule has 0 aliphatic carbocycles. The molecule has 1 aromatic carbocycles. The first kappa shape index (κ1) is 27.9. The molecule has 3 aromatic rings. The number of thiophene rings is 1. The number of carbonyl (C=O) groups is 1.